The minimum atomic E-state index is -3.83. The van der Waals surface area contributed by atoms with E-state index < -0.39 is 21.7 Å². The molecule has 2 aliphatic rings. The topological polar surface area (TPSA) is 75.7 Å². The summed E-state index contributed by atoms with van der Waals surface area (Å²) >= 11 is 6.33. The maximum atomic E-state index is 15.0. The lowest BCUT2D eigenvalue weighted by Crippen LogP contribution is -2.50. The normalized spacial score (nSPS) is 21.1. The molecular weight excluding hydrogens is 510 g/mol. The number of piperidine rings is 1. The summed E-state index contributed by atoms with van der Waals surface area (Å²) in [6.07, 6.45) is 3.09. The quantitative estimate of drug-likeness (QED) is 0.507. The summed E-state index contributed by atoms with van der Waals surface area (Å²) in [4.78, 5) is 14.6. The highest BCUT2D eigenvalue weighted by molar-refractivity contribution is 7.89. The van der Waals surface area contributed by atoms with Gasteiger partial charge in [0.1, 0.15) is 23.5 Å². The molecule has 0 spiro atoms. The molecule has 1 unspecified atom stereocenters. The largest absolute Gasteiger partial charge is 0.489 e. The standard InChI is InChI=1S/C26H31ClF2N2O4S/c1-15(19-8-7-17(28)9-22(19)27)31-13-18(12-26(2,3)14-31)35-24-11-23(29)21(10-20(24)16-5-6-16)25(32)30-36(4,33)34/h7-11,15-16,18H,5-6,12-14H2,1-4H3,(H,30,32)/t15?,18-/m1/s1. The van der Waals surface area contributed by atoms with Crippen LogP contribution in [0.3, 0.4) is 0 Å². The van der Waals surface area contributed by atoms with Crippen LogP contribution in [-0.4, -0.2) is 44.7 Å². The zero-order valence-electron chi connectivity index (χ0n) is 20.8. The Bertz CT molecular complexity index is 1280. The number of sulfonamides is 1. The molecule has 2 aromatic carbocycles. The van der Waals surface area contributed by atoms with Gasteiger partial charge in [0.05, 0.1) is 11.8 Å². The highest BCUT2D eigenvalue weighted by Gasteiger charge is 2.38. The van der Waals surface area contributed by atoms with Crippen LogP contribution in [-0.2, 0) is 10.0 Å². The van der Waals surface area contributed by atoms with Crippen LogP contribution in [0, 0.1) is 17.0 Å². The van der Waals surface area contributed by atoms with Crippen LogP contribution in [0.15, 0.2) is 30.3 Å². The molecule has 0 aromatic heterocycles. The first kappa shape index (κ1) is 26.8. The molecule has 2 aromatic rings. The summed E-state index contributed by atoms with van der Waals surface area (Å²) in [5.74, 6) is -1.72. The van der Waals surface area contributed by atoms with Crippen LogP contribution >= 0.6 is 11.6 Å². The van der Waals surface area contributed by atoms with Gasteiger partial charge in [-0.1, -0.05) is 31.5 Å². The van der Waals surface area contributed by atoms with Crippen LogP contribution < -0.4 is 9.46 Å². The average Bonchev–Trinajstić information content (AvgIpc) is 3.56. The average molecular weight is 541 g/mol. The fourth-order valence-electron chi connectivity index (χ4n) is 5.00. The number of ether oxygens (including phenoxy) is 1. The van der Waals surface area contributed by atoms with Crippen molar-refractivity contribution in [3.63, 3.8) is 0 Å². The van der Waals surface area contributed by atoms with Crippen LogP contribution in [0.1, 0.15) is 73.5 Å². The molecule has 36 heavy (non-hydrogen) atoms. The van der Waals surface area contributed by atoms with Crippen LogP contribution in [0.5, 0.6) is 5.75 Å². The molecule has 1 saturated carbocycles. The molecule has 1 saturated heterocycles. The molecule has 1 aliphatic heterocycles. The predicted molar refractivity (Wildman–Crippen MR) is 135 cm³/mol. The van der Waals surface area contributed by atoms with Gasteiger partial charge < -0.3 is 4.74 Å². The molecule has 196 valence electrons. The van der Waals surface area contributed by atoms with Crippen molar-refractivity contribution in [1.29, 1.82) is 0 Å². The Hall–Kier alpha value is -2.23. The van der Waals surface area contributed by atoms with Gasteiger partial charge in [0.15, 0.2) is 0 Å². The minimum absolute atomic E-state index is 0.0921. The maximum absolute atomic E-state index is 15.0. The van der Waals surface area contributed by atoms with Crippen molar-refractivity contribution in [2.24, 2.45) is 5.41 Å². The second kappa shape index (κ2) is 9.91. The third kappa shape index (κ3) is 6.36. The highest BCUT2D eigenvalue weighted by atomic mass is 35.5. The minimum Gasteiger partial charge on any atom is -0.489 e. The third-order valence-electron chi connectivity index (χ3n) is 6.74. The van der Waals surface area contributed by atoms with Gasteiger partial charge >= 0.3 is 0 Å². The molecule has 1 aliphatic carbocycles. The van der Waals surface area contributed by atoms with Gasteiger partial charge in [-0.2, -0.15) is 0 Å². The van der Waals surface area contributed by atoms with Gasteiger partial charge in [0.2, 0.25) is 10.0 Å². The summed E-state index contributed by atoms with van der Waals surface area (Å²) in [6, 6.07) is 6.91. The fraction of sp³-hybridized carbons (Fsp3) is 0.500. The molecule has 0 bridgehead atoms. The Kier molecular flexibility index (Phi) is 7.38. The van der Waals surface area contributed by atoms with E-state index >= 15 is 0 Å². The summed E-state index contributed by atoms with van der Waals surface area (Å²) in [5, 5.41) is 0.365. The van der Waals surface area contributed by atoms with E-state index in [0.29, 0.717) is 22.9 Å². The number of amides is 1. The Morgan fingerprint density at radius 2 is 1.92 bits per heavy atom. The van der Waals surface area contributed by atoms with Crippen molar-refractivity contribution in [3.8, 4) is 5.75 Å². The van der Waals surface area contributed by atoms with E-state index in [2.05, 4.69) is 18.7 Å². The van der Waals surface area contributed by atoms with Crippen molar-refractivity contribution >= 4 is 27.5 Å². The summed E-state index contributed by atoms with van der Waals surface area (Å²) in [6.45, 7) is 7.61. The number of hydrogen-bond acceptors (Lipinski definition) is 5. The summed E-state index contributed by atoms with van der Waals surface area (Å²) < 4.78 is 59.7. The first-order valence-electron chi connectivity index (χ1n) is 11.9. The summed E-state index contributed by atoms with van der Waals surface area (Å²) in [5.41, 5.74) is 1.09. The van der Waals surface area contributed by atoms with Crippen molar-refractivity contribution < 1.29 is 26.7 Å². The van der Waals surface area contributed by atoms with E-state index in [9.17, 15) is 22.0 Å². The van der Waals surface area contributed by atoms with Crippen molar-refractivity contribution in [2.45, 2.75) is 58.1 Å². The predicted octanol–water partition coefficient (Wildman–Crippen LogP) is 5.43. The van der Waals surface area contributed by atoms with Gasteiger partial charge in [0, 0.05) is 30.2 Å². The van der Waals surface area contributed by atoms with E-state index in [4.69, 9.17) is 16.3 Å². The lowest BCUT2D eigenvalue weighted by Gasteiger charge is -2.45. The smallest absolute Gasteiger partial charge is 0.267 e. The number of halogens is 3. The number of hydrogen-bond donors (Lipinski definition) is 1. The lowest BCUT2D eigenvalue weighted by atomic mass is 9.81. The van der Waals surface area contributed by atoms with Crippen molar-refractivity contribution in [3.05, 3.63) is 63.7 Å². The SMILES string of the molecule is CC(c1ccc(F)cc1Cl)N1C[C@H](Oc2cc(F)c(C(=O)NS(C)(=O)=O)cc2C2CC2)CC(C)(C)C1. The number of carbonyl (C=O) groups excluding carboxylic acids is 1. The van der Waals surface area contributed by atoms with Gasteiger partial charge in [-0.25, -0.2) is 21.9 Å². The molecule has 2 fully saturated rings. The van der Waals surface area contributed by atoms with Gasteiger partial charge in [-0.05, 0) is 66.8 Å². The molecule has 1 heterocycles. The van der Waals surface area contributed by atoms with E-state index in [1.165, 1.54) is 24.3 Å². The molecule has 1 N–H and O–H groups in total. The highest BCUT2D eigenvalue weighted by Crippen LogP contribution is 2.46. The Balaban J connectivity index is 1.59. The Morgan fingerprint density at radius 1 is 1.22 bits per heavy atom. The number of rotatable bonds is 7. The molecule has 1 amide bonds. The molecule has 2 atom stereocenters. The first-order valence-corrected chi connectivity index (χ1v) is 14.2. The van der Waals surface area contributed by atoms with E-state index in [1.807, 2.05) is 11.6 Å². The van der Waals surface area contributed by atoms with Crippen LogP contribution in [0.25, 0.3) is 0 Å². The van der Waals surface area contributed by atoms with E-state index in [-0.39, 0.29) is 34.9 Å². The maximum Gasteiger partial charge on any atom is 0.267 e. The zero-order chi connectivity index (χ0) is 26.4. The molecule has 4 rings (SSSR count). The van der Waals surface area contributed by atoms with Crippen LogP contribution in [0.4, 0.5) is 8.78 Å². The number of nitrogens with one attached hydrogen (secondary N) is 1. The first-order chi connectivity index (χ1) is 16.7. The Labute approximate surface area is 216 Å². The molecule has 0 radical (unpaired) electrons. The monoisotopic (exact) mass is 540 g/mol. The molecule has 6 nitrogen and oxygen atoms in total. The van der Waals surface area contributed by atoms with Gasteiger partial charge in [-0.3, -0.25) is 9.69 Å². The van der Waals surface area contributed by atoms with E-state index in [1.54, 1.807) is 6.07 Å². The summed E-state index contributed by atoms with van der Waals surface area (Å²) in [7, 11) is -3.83. The van der Waals surface area contributed by atoms with Crippen molar-refractivity contribution in [2.75, 3.05) is 19.3 Å². The molecule has 10 heteroatoms. The lowest BCUT2D eigenvalue weighted by molar-refractivity contribution is 0.000670. The number of benzene rings is 2. The zero-order valence-corrected chi connectivity index (χ0v) is 22.3. The van der Waals surface area contributed by atoms with Gasteiger partial charge in [-0.15, -0.1) is 0 Å². The second-order valence-corrected chi connectivity index (χ2v) is 12.9. The number of carbonyl (C=O) groups is 1. The van der Waals surface area contributed by atoms with Crippen molar-refractivity contribution in [1.82, 2.24) is 9.62 Å². The fourth-order valence-corrected chi connectivity index (χ4v) is 5.77. The van der Waals surface area contributed by atoms with Gasteiger partial charge in [0.25, 0.3) is 5.91 Å². The second-order valence-electron chi connectivity index (χ2n) is 10.7. The number of likely N-dealkylation sites (tertiary alicyclic amines) is 1. The molecular formula is C26H31ClF2N2O4S. The van der Waals surface area contributed by atoms with Crippen LogP contribution in [0.2, 0.25) is 5.02 Å². The third-order valence-corrected chi connectivity index (χ3v) is 7.63. The number of nitrogens with zero attached hydrogens (tertiary/aromatic N) is 1. The Morgan fingerprint density at radius 3 is 2.53 bits per heavy atom. The van der Waals surface area contributed by atoms with E-state index in [0.717, 1.165) is 37.6 Å².